The lowest BCUT2D eigenvalue weighted by atomic mass is 9.99. The second-order valence-corrected chi connectivity index (χ2v) is 7.24. The average Bonchev–Trinajstić information content (AvgIpc) is 3.26. The van der Waals surface area contributed by atoms with Crippen molar-refractivity contribution in [1.29, 1.82) is 0 Å². The third-order valence-corrected chi connectivity index (χ3v) is 4.91. The molecule has 0 radical (unpaired) electrons. The summed E-state index contributed by atoms with van der Waals surface area (Å²) in [5.41, 5.74) is 3.05. The number of carbonyl (C=O) groups excluding carboxylic acids is 1. The molecule has 8 heteroatoms. The third-order valence-electron chi connectivity index (χ3n) is 4.91. The van der Waals surface area contributed by atoms with Crippen LogP contribution >= 0.6 is 0 Å². The number of furan rings is 1. The Hall–Kier alpha value is -3.55. The summed E-state index contributed by atoms with van der Waals surface area (Å²) < 4.78 is 49.5. The molecular weight excluding hydrogens is 421 g/mol. The van der Waals surface area contributed by atoms with E-state index in [4.69, 9.17) is 9.15 Å². The molecule has 0 spiro atoms. The molecule has 0 bridgehead atoms. The summed E-state index contributed by atoms with van der Waals surface area (Å²) in [7, 11) is 0. The quantitative estimate of drug-likeness (QED) is 0.342. The first-order valence-electron chi connectivity index (χ1n) is 10.1. The number of hydrogen-bond donors (Lipinski definition) is 1. The van der Waals surface area contributed by atoms with Crippen LogP contribution in [0.5, 0.6) is 5.75 Å². The van der Waals surface area contributed by atoms with E-state index in [0.717, 1.165) is 18.6 Å². The van der Waals surface area contributed by atoms with Crippen LogP contribution in [0.3, 0.4) is 0 Å². The first-order valence-corrected chi connectivity index (χ1v) is 10.1. The molecule has 0 aliphatic rings. The molecule has 32 heavy (non-hydrogen) atoms. The number of benzene rings is 2. The predicted octanol–water partition coefficient (Wildman–Crippen LogP) is 6.01. The molecule has 1 atom stereocenters. The van der Waals surface area contributed by atoms with Crippen LogP contribution in [0.15, 0.2) is 70.2 Å². The van der Waals surface area contributed by atoms with Crippen molar-refractivity contribution < 1.29 is 27.1 Å². The Bertz CT molecular complexity index is 1070. The van der Waals surface area contributed by atoms with Gasteiger partial charge in [0, 0.05) is 5.56 Å². The van der Waals surface area contributed by atoms with Crippen LogP contribution < -0.4 is 10.2 Å². The molecule has 0 saturated carbocycles. The summed E-state index contributed by atoms with van der Waals surface area (Å²) in [6, 6.07) is 15.5. The lowest BCUT2D eigenvalue weighted by molar-refractivity contribution is -0.137. The van der Waals surface area contributed by atoms with Gasteiger partial charge in [-0.2, -0.15) is 18.3 Å². The SMILES string of the molecule is CCC(C)c1ccc(OCC(=O)N/N=C/c2ccc(-c3cccc(C(F)(F)F)c3)o2)cc1. The highest BCUT2D eigenvalue weighted by Crippen LogP contribution is 2.32. The number of ether oxygens (including phenoxy) is 1. The van der Waals surface area contributed by atoms with Gasteiger partial charge in [-0.3, -0.25) is 4.79 Å². The van der Waals surface area contributed by atoms with E-state index >= 15 is 0 Å². The second kappa shape index (κ2) is 10.2. The van der Waals surface area contributed by atoms with Gasteiger partial charge in [-0.15, -0.1) is 0 Å². The third kappa shape index (κ3) is 6.23. The maximum Gasteiger partial charge on any atom is 0.416 e. The molecule has 3 aromatic rings. The zero-order chi connectivity index (χ0) is 23.1. The fourth-order valence-electron chi connectivity index (χ4n) is 2.90. The van der Waals surface area contributed by atoms with Gasteiger partial charge in [0.05, 0.1) is 11.8 Å². The first kappa shape index (κ1) is 23.1. The number of halogens is 3. The van der Waals surface area contributed by atoms with E-state index in [2.05, 4.69) is 24.4 Å². The minimum atomic E-state index is -4.44. The maximum absolute atomic E-state index is 12.9. The van der Waals surface area contributed by atoms with Crippen LogP contribution in [0.25, 0.3) is 11.3 Å². The summed E-state index contributed by atoms with van der Waals surface area (Å²) >= 11 is 0. The van der Waals surface area contributed by atoms with Gasteiger partial charge in [0.15, 0.2) is 6.61 Å². The minimum absolute atomic E-state index is 0.215. The number of rotatable bonds is 8. The lowest BCUT2D eigenvalue weighted by Crippen LogP contribution is -2.24. The van der Waals surface area contributed by atoms with Crippen molar-refractivity contribution in [2.75, 3.05) is 6.61 Å². The zero-order valence-electron chi connectivity index (χ0n) is 17.6. The Morgan fingerprint density at radius 3 is 2.59 bits per heavy atom. The van der Waals surface area contributed by atoms with Gasteiger partial charge >= 0.3 is 6.18 Å². The minimum Gasteiger partial charge on any atom is -0.484 e. The maximum atomic E-state index is 12.9. The second-order valence-electron chi connectivity index (χ2n) is 7.24. The molecule has 0 aliphatic carbocycles. The van der Waals surface area contributed by atoms with E-state index in [1.807, 2.05) is 24.3 Å². The van der Waals surface area contributed by atoms with Crippen LogP contribution in [0, 0.1) is 0 Å². The van der Waals surface area contributed by atoms with Crippen molar-refractivity contribution in [3.8, 4) is 17.1 Å². The number of carbonyl (C=O) groups is 1. The zero-order valence-corrected chi connectivity index (χ0v) is 17.6. The van der Waals surface area contributed by atoms with Crippen LogP contribution in [0.4, 0.5) is 13.2 Å². The van der Waals surface area contributed by atoms with Crippen molar-refractivity contribution >= 4 is 12.1 Å². The molecule has 1 amide bonds. The normalized spacial score (nSPS) is 12.7. The van der Waals surface area contributed by atoms with Crippen molar-refractivity contribution in [3.05, 3.63) is 77.6 Å². The van der Waals surface area contributed by atoms with Gasteiger partial charge in [0.2, 0.25) is 0 Å². The summed E-state index contributed by atoms with van der Waals surface area (Å²) in [5, 5.41) is 3.79. The standard InChI is InChI=1S/C24H23F3N2O3/c1-3-16(2)17-7-9-20(10-8-17)31-15-23(30)29-28-14-21-11-12-22(32-21)18-5-4-6-19(13-18)24(25,26)27/h4-14,16H,3,15H2,1-2H3,(H,29,30)/b28-14+. The number of nitrogens with one attached hydrogen (secondary N) is 1. The van der Waals surface area contributed by atoms with E-state index in [9.17, 15) is 18.0 Å². The van der Waals surface area contributed by atoms with Gasteiger partial charge in [0.25, 0.3) is 5.91 Å². The number of hydrazone groups is 1. The smallest absolute Gasteiger partial charge is 0.416 e. The Balaban J connectivity index is 1.51. The summed E-state index contributed by atoms with van der Waals surface area (Å²) in [4.78, 5) is 11.9. The van der Waals surface area contributed by atoms with Crippen LogP contribution in [0.1, 0.15) is 43.1 Å². The van der Waals surface area contributed by atoms with Crippen LogP contribution in [-0.2, 0) is 11.0 Å². The van der Waals surface area contributed by atoms with Gasteiger partial charge in [-0.05, 0) is 54.3 Å². The van der Waals surface area contributed by atoms with E-state index in [0.29, 0.717) is 11.7 Å². The van der Waals surface area contributed by atoms with Crippen LogP contribution in [0.2, 0.25) is 0 Å². The van der Waals surface area contributed by atoms with E-state index in [-0.39, 0.29) is 23.7 Å². The molecule has 1 N–H and O–H groups in total. The molecule has 168 valence electrons. The number of amides is 1. The number of hydrogen-bond acceptors (Lipinski definition) is 4. The monoisotopic (exact) mass is 444 g/mol. The van der Waals surface area contributed by atoms with Crippen molar-refractivity contribution in [2.24, 2.45) is 5.10 Å². The van der Waals surface area contributed by atoms with Crippen molar-refractivity contribution in [1.82, 2.24) is 5.43 Å². The van der Waals surface area contributed by atoms with Gasteiger partial charge < -0.3 is 9.15 Å². The van der Waals surface area contributed by atoms with Gasteiger partial charge in [-0.1, -0.05) is 38.1 Å². The Morgan fingerprint density at radius 1 is 1.16 bits per heavy atom. The van der Waals surface area contributed by atoms with E-state index in [1.165, 1.54) is 30.0 Å². The fraction of sp³-hybridized carbons (Fsp3) is 0.250. The Kier molecular flexibility index (Phi) is 7.35. The highest BCUT2D eigenvalue weighted by atomic mass is 19.4. The average molecular weight is 444 g/mol. The molecule has 3 rings (SSSR count). The Labute approximate surface area is 183 Å². The van der Waals surface area contributed by atoms with Crippen molar-refractivity contribution in [2.45, 2.75) is 32.4 Å². The summed E-state index contributed by atoms with van der Waals surface area (Å²) in [5.74, 6) is 1.11. The Morgan fingerprint density at radius 2 is 1.91 bits per heavy atom. The first-order chi connectivity index (χ1) is 15.3. The molecule has 0 saturated heterocycles. The topological polar surface area (TPSA) is 63.8 Å². The highest BCUT2D eigenvalue weighted by Gasteiger charge is 2.30. The predicted molar refractivity (Wildman–Crippen MR) is 116 cm³/mol. The van der Waals surface area contributed by atoms with Crippen LogP contribution in [-0.4, -0.2) is 18.7 Å². The fourth-order valence-corrected chi connectivity index (χ4v) is 2.90. The lowest BCUT2D eigenvalue weighted by Gasteiger charge is -2.10. The largest absolute Gasteiger partial charge is 0.484 e. The van der Waals surface area contributed by atoms with Gasteiger partial charge in [0.1, 0.15) is 17.3 Å². The molecule has 1 heterocycles. The van der Waals surface area contributed by atoms with Crippen molar-refractivity contribution in [3.63, 3.8) is 0 Å². The highest BCUT2D eigenvalue weighted by molar-refractivity contribution is 5.81. The number of alkyl halides is 3. The molecular formula is C24H23F3N2O3. The van der Waals surface area contributed by atoms with E-state index in [1.54, 1.807) is 6.07 Å². The molecule has 0 fully saturated rings. The molecule has 1 unspecified atom stereocenters. The number of nitrogens with zero attached hydrogens (tertiary/aromatic N) is 1. The van der Waals surface area contributed by atoms with Gasteiger partial charge in [-0.25, -0.2) is 5.43 Å². The molecule has 5 nitrogen and oxygen atoms in total. The summed E-state index contributed by atoms with van der Waals surface area (Å²) in [6.45, 7) is 4.05. The molecule has 1 aromatic heterocycles. The molecule has 0 aliphatic heterocycles. The molecule has 2 aromatic carbocycles. The van der Waals surface area contributed by atoms with E-state index < -0.39 is 17.6 Å². The summed E-state index contributed by atoms with van der Waals surface area (Å²) in [6.07, 6.45) is -2.14.